The molecule has 1 unspecified atom stereocenters. The Hall–Kier alpha value is -1.10. The van der Waals surface area contributed by atoms with E-state index in [2.05, 4.69) is 22.9 Å². The van der Waals surface area contributed by atoms with E-state index in [0.29, 0.717) is 12.6 Å². The van der Waals surface area contributed by atoms with Gasteiger partial charge in [0.15, 0.2) is 0 Å². The van der Waals surface area contributed by atoms with Crippen LogP contribution in [0.15, 0.2) is 0 Å². The van der Waals surface area contributed by atoms with E-state index < -0.39 is 0 Å². The maximum atomic E-state index is 11.7. The predicted octanol–water partition coefficient (Wildman–Crippen LogP) is -1.01. The molecule has 3 N–H and O–H groups in total. The number of amides is 2. The molecule has 5 heteroatoms. The summed E-state index contributed by atoms with van der Waals surface area (Å²) < 4.78 is 0. The standard InChI is InChI=1S/C10H17N3O2/c1-6-2-7(3-6)13-10(15)8-4-12-9(14)5-11-8/h6-8,11H,2-5H2,1H3,(H,12,14)(H,13,15). The van der Waals surface area contributed by atoms with Crippen LogP contribution in [0.5, 0.6) is 0 Å². The van der Waals surface area contributed by atoms with Crippen LogP contribution in [0.3, 0.4) is 0 Å². The average Bonchev–Trinajstić information content (AvgIpc) is 2.16. The molecule has 2 aliphatic rings. The number of hydrogen-bond donors (Lipinski definition) is 3. The second kappa shape index (κ2) is 4.18. The van der Waals surface area contributed by atoms with E-state index in [4.69, 9.17) is 0 Å². The van der Waals surface area contributed by atoms with Crippen LogP contribution in [-0.2, 0) is 9.59 Å². The van der Waals surface area contributed by atoms with Gasteiger partial charge in [-0.25, -0.2) is 0 Å². The summed E-state index contributed by atoms with van der Waals surface area (Å²) in [6.45, 7) is 2.81. The number of nitrogens with one attached hydrogen (secondary N) is 3. The second-order valence-electron chi connectivity index (χ2n) is 4.52. The van der Waals surface area contributed by atoms with Gasteiger partial charge in [-0.15, -0.1) is 0 Å². The predicted molar refractivity (Wildman–Crippen MR) is 55.1 cm³/mol. The zero-order valence-electron chi connectivity index (χ0n) is 8.88. The lowest BCUT2D eigenvalue weighted by molar-refractivity contribution is -0.127. The number of hydrogen-bond acceptors (Lipinski definition) is 3. The molecule has 1 aliphatic carbocycles. The number of piperazine rings is 1. The van der Waals surface area contributed by atoms with Crippen LogP contribution in [0.1, 0.15) is 19.8 Å². The number of rotatable bonds is 2. The minimum Gasteiger partial charge on any atom is -0.353 e. The van der Waals surface area contributed by atoms with Crippen molar-refractivity contribution in [3.8, 4) is 0 Å². The van der Waals surface area contributed by atoms with Crippen molar-refractivity contribution >= 4 is 11.8 Å². The van der Waals surface area contributed by atoms with Crippen LogP contribution >= 0.6 is 0 Å². The molecule has 0 spiro atoms. The van der Waals surface area contributed by atoms with Crippen molar-refractivity contribution in [1.82, 2.24) is 16.0 Å². The molecule has 0 radical (unpaired) electrons. The Morgan fingerprint density at radius 1 is 1.47 bits per heavy atom. The molecule has 5 nitrogen and oxygen atoms in total. The minimum absolute atomic E-state index is 0.00639. The van der Waals surface area contributed by atoms with Crippen LogP contribution in [0.4, 0.5) is 0 Å². The zero-order chi connectivity index (χ0) is 10.8. The first-order chi connectivity index (χ1) is 7.15. The van der Waals surface area contributed by atoms with E-state index in [1.165, 1.54) is 0 Å². The van der Waals surface area contributed by atoms with Crippen molar-refractivity contribution in [2.75, 3.05) is 13.1 Å². The van der Waals surface area contributed by atoms with Crippen LogP contribution < -0.4 is 16.0 Å². The smallest absolute Gasteiger partial charge is 0.239 e. The Morgan fingerprint density at radius 3 is 2.73 bits per heavy atom. The average molecular weight is 211 g/mol. The summed E-state index contributed by atoms with van der Waals surface area (Å²) in [6, 6.07) is 0.0746. The van der Waals surface area contributed by atoms with Gasteiger partial charge in [0.1, 0.15) is 6.04 Å². The highest BCUT2D eigenvalue weighted by molar-refractivity contribution is 5.86. The highest BCUT2D eigenvalue weighted by atomic mass is 16.2. The van der Waals surface area contributed by atoms with Crippen LogP contribution in [-0.4, -0.2) is 37.0 Å². The summed E-state index contributed by atoms with van der Waals surface area (Å²) in [5.74, 6) is 0.692. The van der Waals surface area contributed by atoms with Crippen LogP contribution in [0.2, 0.25) is 0 Å². The Morgan fingerprint density at radius 2 is 2.20 bits per heavy atom. The van der Waals surface area contributed by atoms with Gasteiger partial charge in [0, 0.05) is 12.6 Å². The largest absolute Gasteiger partial charge is 0.353 e. The number of carbonyl (C=O) groups is 2. The van der Waals surface area contributed by atoms with E-state index in [1.807, 2.05) is 0 Å². The first kappa shape index (κ1) is 10.4. The Balaban J connectivity index is 1.74. The van der Waals surface area contributed by atoms with Gasteiger partial charge >= 0.3 is 0 Å². The van der Waals surface area contributed by atoms with Gasteiger partial charge in [-0.05, 0) is 18.8 Å². The van der Waals surface area contributed by atoms with Gasteiger partial charge in [-0.2, -0.15) is 0 Å². The molecular weight excluding hydrogens is 194 g/mol. The SMILES string of the molecule is CC1CC(NC(=O)C2CNC(=O)CN2)C1. The summed E-state index contributed by atoms with van der Waals surface area (Å²) in [7, 11) is 0. The lowest BCUT2D eigenvalue weighted by atomic mass is 9.82. The second-order valence-corrected chi connectivity index (χ2v) is 4.52. The summed E-state index contributed by atoms with van der Waals surface area (Å²) in [6.07, 6.45) is 2.15. The summed E-state index contributed by atoms with van der Waals surface area (Å²) >= 11 is 0. The van der Waals surface area contributed by atoms with E-state index >= 15 is 0 Å². The molecular formula is C10H17N3O2. The van der Waals surface area contributed by atoms with Crippen molar-refractivity contribution in [3.05, 3.63) is 0 Å². The van der Waals surface area contributed by atoms with Crippen molar-refractivity contribution in [3.63, 3.8) is 0 Å². The first-order valence-electron chi connectivity index (χ1n) is 5.45. The normalized spacial score (nSPS) is 35.3. The third-order valence-electron chi connectivity index (χ3n) is 3.05. The number of carbonyl (C=O) groups excluding carboxylic acids is 2. The molecule has 1 saturated carbocycles. The van der Waals surface area contributed by atoms with Crippen molar-refractivity contribution in [2.24, 2.45) is 5.92 Å². The van der Waals surface area contributed by atoms with Gasteiger partial charge in [0.05, 0.1) is 6.54 Å². The molecule has 1 aliphatic heterocycles. The Bertz CT molecular complexity index is 264. The Kier molecular flexibility index (Phi) is 2.90. The lowest BCUT2D eigenvalue weighted by Crippen LogP contribution is -2.60. The molecule has 84 valence electrons. The fraction of sp³-hybridized carbons (Fsp3) is 0.800. The summed E-state index contributed by atoms with van der Waals surface area (Å²) in [4.78, 5) is 22.5. The third-order valence-corrected chi connectivity index (χ3v) is 3.05. The van der Waals surface area contributed by atoms with E-state index in [-0.39, 0.29) is 24.4 Å². The van der Waals surface area contributed by atoms with E-state index in [0.717, 1.165) is 18.8 Å². The quantitative estimate of drug-likeness (QED) is 0.548. The molecule has 2 rings (SSSR count). The summed E-state index contributed by atoms with van der Waals surface area (Å²) in [5, 5.41) is 8.56. The molecule has 1 heterocycles. The zero-order valence-corrected chi connectivity index (χ0v) is 8.88. The fourth-order valence-electron chi connectivity index (χ4n) is 2.07. The Labute approximate surface area is 89.0 Å². The lowest BCUT2D eigenvalue weighted by Gasteiger charge is -2.35. The van der Waals surface area contributed by atoms with Gasteiger partial charge in [0.25, 0.3) is 0 Å². The van der Waals surface area contributed by atoms with Gasteiger partial charge in [-0.1, -0.05) is 6.92 Å². The van der Waals surface area contributed by atoms with Gasteiger partial charge in [-0.3, -0.25) is 14.9 Å². The summed E-state index contributed by atoms with van der Waals surface area (Å²) in [5.41, 5.74) is 0. The van der Waals surface area contributed by atoms with E-state index in [9.17, 15) is 9.59 Å². The van der Waals surface area contributed by atoms with Crippen molar-refractivity contribution in [1.29, 1.82) is 0 Å². The maximum Gasteiger partial charge on any atom is 0.239 e. The highest BCUT2D eigenvalue weighted by Crippen LogP contribution is 2.26. The molecule has 2 amide bonds. The molecule has 1 atom stereocenters. The van der Waals surface area contributed by atoms with Gasteiger partial charge < -0.3 is 10.6 Å². The molecule has 15 heavy (non-hydrogen) atoms. The fourth-order valence-corrected chi connectivity index (χ4v) is 2.07. The van der Waals surface area contributed by atoms with E-state index in [1.54, 1.807) is 0 Å². The molecule has 0 aromatic carbocycles. The molecule has 1 saturated heterocycles. The molecule has 0 aromatic heterocycles. The minimum atomic E-state index is -0.265. The molecule has 2 fully saturated rings. The molecule has 0 bridgehead atoms. The van der Waals surface area contributed by atoms with Crippen molar-refractivity contribution in [2.45, 2.75) is 31.8 Å². The highest BCUT2D eigenvalue weighted by Gasteiger charge is 2.30. The first-order valence-corrected chi connectivity index (χ1v) is 5.45. The van der Waals surface area contributed by atoms with Crippen LogP contribution in [0.25, 0.3) is 0 Å². The monoisotopic (exact) mass is 211 g/mol. The van der Waals surface area contributed by atoms with Gasteiger partial charge in [0.2, 0.25) is 11.8 Å². The topological polar surface area (TPSA) is 70.2 Å². The molecule has 0 aromatic rings. The maximum absolute atomic E-state index is 11.7. The van der Waals surface area contributed by atoms with Crippen LogP contribution in [0, 0.1) is 5.92 Å². The van der Waals surface area contributed by atoms with Crippen molar-refractivity contribution < 1.29 is 9.59 Å². The third kappa shape index (κ3) is 2.47.